The van der Waals surface area contributed by atoms with Crippen molar-refractivity contribution in [1.82, 2.24) is 0 Å². The molecule has 0 radical (unpaired) electrons. The van der Waals surface area contributed by atoms with Gasteiger partial charge in [-0.2, -0.15) is 0 Å². The molecule has 6 rings (SSSR count). The van der Waals surface area contributed by atoms with Crippen LogP contribution in [-0.4, -0.2) is 0 Å². The lowest BCUT2D eigenvalue weighted by molar-refractivity contribution is 1.29. The van der Waals surface area contributed by atoms with E-state index in [1.807, 2.05) is 0 Å². The van der Waals surface area contributed by atoms with Crippen molar-refractivity contribution >= 4 is 49.4 Å². The first-order valence-electron chi connectivity index (χ1n) is 13.1. The Morgan fingerprint density at radius 2 is 0.541 bits per heavy atom. The molecule has 0 saturated heterocycles. The van der Waals surface area contributed by atoms with Crippen molar-refractivity contribution in [3.63, 3.8) is 0 Å². The predicted molar refractivity (Wildman–Crippen MR) is 162 cm³/mol. The number of anilines is 3. The smallest absolute Gasteiger partial charge is 0.0468 e. The van der Waals surface area contributed by atoms with Gasteiger partial charge in [0.1, 0.15) is 0 Å². The number of nitrogens with zero attached hydrogens (tertiary/aromatic N) is 1. The van der Waals surface area contributed by atoms with Crippen LogP contribution >= 0.6 is 0 Å². The van der Waals surface area contributed by atoms with Crippen molar-refractivity contribution in [2.45, 2.75) is 41.5 Å². The van der Waals surface area contributed by atoms with Crippen LogP contribution in [0.15, 0.2) is 91.0 Å². The monoisotopic (exact) mass is 479 g/mol. The Labute approximate surface area is 220 Å². The van der Waals surface area contributed by atoms with E-state index >= 15 is 0 Å². The van der Waals surface area contributed by atoms with Crippen molar-refractivity contribution in [2.24, 2.45) is 0 Å². The van der Waals surface area contributed by atoms with E-state index in [9.17, 15) is 0 Å². The van der Waals surface area contributed by atoms with Crippen LogP contribution in [0.3, 0.4) is 0 Å². The molecule has 0 amide bonds. The third-order valence-corrected chi connectivity index (χ3v) is 8.08. The summed E-state index contributed by atoms with van der Waals surface area (Å²) in [6.07, 6.45) is 0. The minimum Gasteiger partial charge on any atom is -0.310 e. The first kappa shape index (κ1) is 23.3. The summed E-state index contributed by atoms with van der Waals surface area (Å²) in [6, 6.07) is 34.1. The molecule has 0 unspecified atom stereocenters. The molecule has 0 aliphatic carbocycles. The molecular weight excluding hydrogens is 446 g/mol. The normalized spacial score (nSPS) is 11.5. The first-order valence-corrected chi connectivity index (χ1v) is 13.1. The molecule has 0 aliphatic rings. The highest BCUT2D eigenvalue weighted by Gasteiger charge is 2.16. The zero-order valence-corrected chi connectivity index (χ0v) is 22.6. The third-order valence-electron chi connectivity index (χ3n) is 8.08. The van der Waals surface area contributed by atoms with Gasteiger partial charge in [-0.1, -0.05) is 54.6 Å². The van der Waals surface area contributed by atoms with Crippen molar-refractivity contribution in [1.29, 1.82) is 0 Å². The summed E-state index contributed by atoms with van der Waals surface area (Å²) >= 11 is 0. The second-order valence-electron chi connectivity index (χ2n) is 10.6. The van der Waals surface area contributed by atoms with Crippen molar-refractivity contribution in [3.05, 3.63) is 124 Å². The number of hydrogen-bond acceptors (Lipinski definition) is 1. The van der Waals surface area contributed by atoms with Gasteiger partial charge in [-0.3, -0.25) is 0 Å². The lowest BCUT2D eigenvalue weighted by Crippen LogP contribution is -2.10. The van der Waals surface area contributed by atoms with E-state index < -0.39 is 0 Å². The molecule has 6 aromatic carbocycles. The van der Waals surface area contributed by atoms with Gasteiger partial charge in [0.2, 0.25) is 0 Å². The fourth-order valence-corrected chi connectivity index (χ4v) is 5.76. The molecule has 0 aromatic heterocycles. The Morgan fingerprint density at radius 3 is 0.811 bits per heavy atom. The molecule has 0 aliphatic heterocycles. The van der Waals surface area contributed by atoms with Crippen LogP contribution in [-0.2, 0) is 0 Å². The Hall–Kier alpha value is -4.10. The lowest BCUT2D eigenvalue weighted by atomic mass is 9.97. The fraction of sp³-hybridized carbons (Fsp3) is 0.167. The Bertz CT molecular complexity index is 1620. The highest BCUT2D eigenvalue weighted by Crippen LogP contribution is 2.40. The standard InChI is InChI=1S/C36H33N/c1-22-7-10-25(4)34-19-28(13-16-31(22)34)37(29-14-17-32-23(2)8-11-26(5)35(32)20-29)30-15-18-33-24(3)9-12-27(6)36(33)21-30/h7-21H,1-6H3. The molecule has 0 atom stereocenters. The van der Waals surface area contributed by atoms with Gasteiger partial charge in [0.05, 0.1) is 0 Å². The van der Waals surface area contributed by atoms with Crippen LogP contribution in [0, 0.1) is 41.5 Å². The molecule has 0 fully saturated rings. The summed E-state index contributed by atoms with van der Waals surface area (Å²) in [5.41, 5.74) is 11.4. The summed E-state index contributed by atoms with van der Waals surface area (Å²) in [4.78, 5) is 2.42. The molecule has 6 aromatic rings. The van der Waals surface area contributed by atoms with Crippen molar-refractivity contribution in [2.75, 3.05) is 4.90 Å². The zero-order chi connectivity index (χ0) is 25.8. The van der Waals surface area contributed by atoms with Crippen LogP contribution in [0.1, 0.15) is 33.4 Å². The van der Waals surface area contributed by atoms with Gasteiger partial charge in [0.15, 0.2) is 0 Å². The molecule has 0 N–H and O–H groups in total. The van der Waals surface area contributed by atoms with E-state index in [1.165, 1.54) is 82.8 Å². The topological polar surface area (TPSA) is 3.24 Å². The summed E-state index contributed by atoms with van der Waals surface area (Å²) in [5.74, 6) is 0. The van der Waals surface area contributed by atoms with Gasteiger partial charge in [-0.25, -0.2) is 0 Å². The summed E-state index contributed by atoms with van der Waals surface area (Å²) in [6.45, 7) is 13.2. The minimum atomic E-state index is 1.18. The fourth-order valence-electron chi connectivity index (χ4n) is 5.76. The van der Waals surface area contributed by atoms with Gasteiger partial charge < -0.3 is 4.90 Å². The van der Waals surface area contributed by atoms with Gasteiger partial charge >= 0.3 is 0 Å². The first-order chi connectivity index (χ1) is 17.8. The maximum atomic E-state index is 2.42. The number of aryl methyl sites for hydroxylation is 6. The average molecular weight is 480 g/mol. The second kappa shape index (κ2) is 8.78. The van der Waals surface area contributed by atoms with Gasteiger partial charge in [-0.05, 0) is 144 Å². The maximum absolute atomic E-state index is 2.42. The van der Waals surface area contributed by atoms with Crippen molar-refractivity contribution in [3.8, 4) is 0 Å². The maximum Gasteiger partial charge on any atom is 0.0468 e. The quantitative estimate of drug-likeness (QED) is 0.244. The van der Waals surface area contributed by atoms with Gasteiger partial charge in [-0.15, -0.1) is 0 Å². The molecule has 0 heterocycles. The molecule has 0 spiro atoms. The SMILES string of the molecule is Cc1ccc(C)c2cc(N(c3ccc4c(C)ccc(C)c4c3)c3ccc4c(C)ccc(C)c4c3)ccc12. The third kappa shape index (κ3) is 3.86. The van der Waals surface area contributed by atoms with E-state index in [-0.39, 0.29) is 0 Å². The number of fused-ring (bicyclic) bond motifs is 3. The lowest BCUT2D eigenvalue weighted by Gasteiger charge is -2.27. The molecule has 0 bridgehead atoms. The second-order valence-corrected chi connectivity index (χ2v) is 10.6. The molecule has 1 nitrogen and oxygen atoms in total. The molecule has 1 heteroatoms. The van der Waals surface area contributed by atoms with Crippen LogP contribution in [0.2, 0.25) is 0 Å². The van der Waals surface area contributed by atoms with E-state index in [0.29, 0.717) is 0 Å². The predicted octanol–water partition coefficient (Wildman–Crippen LogP) is 10.5. The Kier molecular flexibility index (Phi) is 5.53. The van der Waals surface area contributed by atoms with E-state index in [0.717, 1.165) is 0 Å². The minimum absolute atomic E-state index is 1.18. The van der Waals surface area contributed by atoms with Crippen LogP contribution < -0.4 is 4.90 Å². The summed E-state index contributed by atoms with van der Waals surface area (Å²) in [7, 11) is 0. The van der Waals surface area contributed by atoms with Crippen LogP contribution in [0.5, 0.6) is 0 Å². The van der Waals surface area contributed by atoms with E-state index in [4.69, 9.17) is 0 Å². The van der Waals surface area contributed by atoms with E-state index in [1.54, 1.807) is 0 Å². The summed E-state index contributed by atoms with van der Waals surface area (Å²) in [5, 5.41) is 7.88. The highest BCUT2D eigenvalue weighted by atomic mass is 15.1. The van der Waals surface area contributed by atoms with Crippen LogP contribution in [0.25, 0.3) is 32.3 Å². The van der Waals surface area contributed by atoms with Crippen molar-refractivity contribution < 1.29 is 0 Å². The number of rotatable bonds is 3. The Morgan fingerprint density at radius 1 is 0.297 bits per heavy atom. The largest absolute Gasteiger partial charge is 0.310 e. The molecule has 182 valence electrons. The molecular formula is C36H33N. The van der Waals surface area contributed by atoms with Gasteiger partial charge in [0.25, 0.3) is 0 Å². The average Bonchev–Trinajstić information content (AvgIpc) is 2.91. The van der Waals surface area contributed by atoms with Gasteiger partial charge in [0, 0.05) is 17.1 Å². The number of benzene rings is 6. The van der Waals surface area contributed by atoms with Crippen LogP contribution in [0.4, 0.5) is 17.1 Å². The highest BCUT2D eigenvalue weighted by molar-refractivity contribution is 5.98. The zero-order valence-electron chi connectivity index (χ0n) is 22.6. The van der Waals surface area contributed by atoms with E-state index in [2.05, 4.69) is 137 Å². The Balaban J connectivity index is 1.64. The molecule has 37 heavy (non-hydrogen) atoms. The summed E-state index contributed by atoms with van der Waals surface area (Å²) < 4.78 is 0. The molecule has 0 saturated carbocycles. The number of hydrogen-bond donors (Lipinski definition) is 0.